The quantitative estimate of drug-likeness (QED) is 0.300. The molecule has 0 aromatic heterocycles. The van der Waals surface area contributed by atoms with Gasteiger partial charge in [-0.3, -0.25) is 14.9 Å². The molecule has 2 saturated heterocycles. The Bertz CT molecular complexity index is 1320. The zero-order valence-corrected chi connectivity index (χ0v) is 21.9. The number of carbonyl (C=O) groups is 2. The van der Waals surface area contributed by atoms with Crippen LogP contribution < -0.4 is 10.2 Å². The molecule has 2 heterocycles. The van der Waals surface area contributed by atoms with E-state index < -0.39 is 33.4 Å². The number of hydrogen-bond donors (Lipinski definition) is 1. The van der Waals surface area contributed by atoms with E-state index in [9.17, 15) is 28.1 Å². The highest BCUT2D eigenvalue weighted by molar-refractivity contribution is 7.89. The van der Waals surface area contributed by atoms with Crippen molar-refractivity contribution in [3.05, 3.63) is 57.6 Å². The van der Waals surface area contributed by atoms with Crippen LogP contribution in [-0.2, 0) is 24.3 Å². The van der Waals surface area contributed by atoms with Crippen LogP contribution in [0.25, 0.3) is 0 Å². The molecule has 0 radical (unpaired) electrons. The maximum atomic E-state index is 13.1. The van der Waals surface area contributed by atoms with E-state index in [1.807, 2.05) is 4.90 Å². The third-order valence-electron chi connectivity index (χ3n) is 6.50. The number of aryl methyl sites for hydroxylation is 1. The van der Waals surface area contributed by atoms with Gasteiger partial charge in [0.1, 0.15) is 0 Å². The van der Waals surface area contributed by atoms with Crippen LogP contribution in [0.1, 0.15) is 35.2 Å². The van der Waals surface area contributed by atoms with E-state index >= 15 is 0 Å². The number of morpholine rings is 1. The number of hydrogen-bond acceptors (Lipinski definition) is 9. The fraction of sp³-hybridized carbons (Fsp3) is 0.440. The molecular weight excluding hydrogens is 516 g/mol. The average Bonchev–Trinajstić information content (AvgIpc) is 2.93. The van der Waals surface area contributed by atoms with Crippen LogP contribution in [0.3, 0.4) is 0 Å². The number of nitrogens with zero attached hydrogens (tertiary/aromatic N) is 3. The summed E-state index contributed by atoms with van der Waals surface area (Å²) >= 11 is 0. The Kier molecular flexibility index (Phi) is 8.59. The van der Waals surface area contributed by atoms with Gasteiger partial charge < -0.3 is 19.7 Å². The number of anilines is 2. The Morgan fingerprint density at radius 2 is 1.76 bits per heavy atom. The van der Waals surface area contributed by atoms with Crippen molar-refractivity contribution in [2.45, 2.75) is 31.1 Å². The molecule has 0 spiro atoms. The molecule has 0 unspecified atom stereocenters. The summed E-state index contributed by atoms with van der Waals surface area (Å²) in [5.74, 6) is -1.57. The van der Waals surface area contributed by atoms with Gasteiger partial charge in [-0.15, -0.1) is 0 Å². The number of nitrogens with one attached hydrogen (secondary N) is 1. The van der Waals surface area contributed by atoms with Crippen LogP contribution in [0.15, 0.2) is 41.3 Å². The molecule has 2 aliphatic heterocycles. The zero-order chi connectivity index (χ0) is 27.3. The Labute approximate surface area is 220 Å². The number of nitro benzene ring substituents is 1. The van der Waals surface area contributed by atoms with E-state index in [4.69, 9.17) is 9.47 Å². The summed E-state index contributed by atoms with van der Waals surface area (Å²) < 4.78 is 38.3. The molecule has 1 amide bonds. The molecule has 4 rings (SSSR count). The minimum absolute atomic E-state index is 0.0286. The first-order valence-electron chi connectivity index (χ1n) is 12.4. The van der Waals surface area contributed by atoms with Crippen LogP contribution in [0, 0.1) is 17.0 Å². The van der Waals surface area contributed by atoms with Crippen LogP contribution in [0.4, 0.5) is 17.1 Å². The lowest BCUT2D eigenvalue weighted by molar-refractivity contribution is -0.384. The Hall–Kier alpha value is -3.55. The van der Waals surface area contributed by atoms with Crippen LogP contribution in [0.2, 0.25) is 0 Å². The van der Waals surface area contributed by atoms with Crippen molar-refractivity contribution >= 4 is 39.0 Å². The molecule has 12 nitrogen and oxygen atoms in total. The van der Waals surface area contributed by atoms with Crippen molar-refractivity contribution in [2.24, 2.45) is 0 Å². The molecular formula is C25H30N4O8S. The van der Waals surface area contributed by atoms with Crippen molar-refractivity contribution < 1.29 is 32.4 Å². The number of carbonyl (C=O) groups excluding carboxylic acids is 2. The SMILES string of the molecule is Cc1ccc(NC(=O)COC(=O)c2cc([N+](=O)[O-])ccc2N2CCOCC2)cc1S(=O)(=O)N1CCCCC1. The van der Waals surface area contributed by atoms with E-state index in [0.29, 0.717) is 50.6 Å². The average molecular weight is 547 g/mol. The Balaban J connectivity index is 1.45. The fourth-order valence-electron chi connectivity index (χ4n) is 4.49. The first-order chi connectivity index (χ1) is 18.2. The van der Waals surface area contributed by atoms with E-state index in [2.05, 4.69) is 5.32 Å². The maximum Gasteiger partial charge on any atom is 0.341 e. The van der Waals surface area contributed by atoms with Crippen LogP contribution in [0.5, 0.6) is 0 Å². The summed E-state index contributed by atoms with van der Waals surface area (Å²) in [5, 5.41) is 13.8. The summed E-state index contributed by atoms with van der Waals surface area (Å²) in [6.07, 6.45) is 2.60. The van der Waals surface area contributed by atoms with Gasteiger partial charge in [0.05, 0.1) is 34.3 Å². The van der Waals surface area contributed by atoms with E-state index in [1.165, 1.54) is 22.5 Å². The number of amides is 1. The predicted octanol–water partition coefficient (Wildman–Crippen LogP) is 2.71. The standard InChI is InChI=1S/C25H30N4O8S/c1-18-5-6-19(15-23(18)38(34,35)28-9-3-2-4-10-28)26-24(30)17-37-25(31)21-16-20(29(32)33)7-8-22(21)27-11-13-36-14-12-27/h5-8,15-16H,2-4,9-14,17H2,1H3,(H,26,30). The second-order valence-corrected chi connectivity index (χ2v) is 11.0. The second kappa shape index (κ2) is 11.9. The lowest BCUT2D eigenvalue weighted by Crippen LogP contribution is -2.37. The van der Waals surface area contributed by atoms with Crippen molar-refractivity contribution in [3.8, 4) is 0 Å². The van der Waals surface area contributed by atoms with E-state index in [1.54, 1.807) is 19.1 Å². The second-order valence-electron chi connectivity index (χ2n) is 9.13. The van der Waals surface area contributed by atoms with Crippen molar-refractivity contribution in [1.82, 2.24) is 4.31 Å². The maximum absolute atomic E-state index is 13.1. The third-order valence-corrected chi connectivity index (χ3v) is 8.54. The third kappa shape index (κ3) is 6.29. The number of esters is 1. The minimum atomic E-state index is -3.71. The molecule has 0 aliphatic carbocycles. The number of benzene rings is 2. The molecule has 2 aromatic rings. The first kappa shape index (κ1) is 27.5. The highest BCUT2D eigenvalue weighted by atomic mass is 32.2. The monoisotopic (exact) mass is 546 g/mol. The molecule has 2 aliphatic rings. The van der Waals surface area contributed by atoms with Gasteiger partial charge in [0.2, 0.25) is 10.0 Å². The van der Waals surface area contributed by atoms with Crippen molar-refractivity contribution in [1.29, 1.82) is 0 Å². The molecule has 204 valence electrons. The molecule has 1 N–H and O–H groups in total. The topological polar surface area (TPSA) is 148 Å². The minimum Gasteiger partial charge on any atom is -0.452 e. The normalized spacial score (nSPS) is 16.6. The smallest absolute Gasteiger partial charge is 0.341 e. The van der Waals surface area contributed by atoms with Gasteiger partial charge in [-0.2, -0.15) is 4.31 Å². The fourth-order valence-corrected chi connectivity index (χ4v) is 6.26. The summed E-state index contributed by atoms with van der Waals surface area (Å²) in [7, 11) is -3.71. The van der Waals surface area contributed by atoms with Crippen LogP contribution in [-0.4, -0.2) is 75.5 Å². The number of sulfonamides is 1. The molecule has 0 atom stereocenters. The van der Waals surface area contributed by atoms with Gasteiger partial charge in [0.15, 0.2) is 6.61 Å². The predicted molar refractivity (Wildman–Crippen MR) is 139 cm³/mol. The molecule has 13 heteroatoms. The van der Waals surface area contributed by atoms with Crippen LogP contribution >= 0.6 is 0 Å². The van der Waals surface area contributed by atoms with E-state index in [0.717, 1.165) is 25.3 Å². The zero-order valence-electron chi connectivity index (χ0n) is 21.1. The summed E-state index contributed by atoms with van der Waals surface area (Å²) in [6.45, 7) is 3.82. The molecule has 0 saturated carbocycles. The summed E-state index contributed by atoms with van der Waals surface area (Å²) in [5.41, 5.74) is 0.952. The van der Waals surface area contributed by atoms with Crippen molar-refractivity contribution in [3.63, 3.8) is 0 Å². The highest BCUT2D eigenvalue weighted by Gasteiger charge is 2.28. The Morgan fingerprint density at radius 1 is 1.05 bits per heavy atom. The van der Waals surface area contributed by atoms with Gasteiger partial charge in [-0.05, 0) is 43.5 Å². The number of piperidine rings is 1. The van der Waals surface area contributed by atoms with Gasteiger partial charge in [0.25, 0.3) is 11.6 Å². The molecule has 38 heavy (non-hydrogen) atoms. The number of nitro groups is 1. The van der Waals surface area contributed by atoms with Gasteiger partial charge in [0, 0.05) is 44.0 Å². The lowest BCUT2D eigenvalue weighted by Gasteiger charge is -2.30. The first-order valence-corrected chi connectivity index (χ1v) is 13.8. The molecule has 0 bridgehead atoms. The van der Waals surface area contributed by atoms with Crippen molar-refractivity contribution in [2.75, 3.05) is 56.2 Å². The van der Waals surface area contributed by atoms with Gasteiger partial charge in [-0.1, -0.05) is 12.5 Å². The molecule has 2 fully saturated rings. The highest BCUT2D eigenvalue weighted by Crippen LogP contribution is 2.28. The lowest BCUT2D eigenvalue weighted by atomic mass is 10.1. The summed E-state index contributed by atoms with van der Waals surface area (Å²) in [6, 6.07) is 8.49. The number of ether oxygens (including phenoxy) is 2. The number of non-ortho nitro benzene ring substituents is 1. The Morgan fingerprint density at radius 3 is 2.45 bits per heavy atom. The number of rotatable bonds is 8. The van der Waals surface area contributed by atoms with Gasteiger partial charge in [-0.25, -0.2) is 13.2 Å². The van der Waals surface area contributed by atoms with E-state index in [-0.39, 0.29) is 21.8 Å². The molecule has 2 aromatic carbocycles. The summed E-state index contributed by atoms with van der Waals surface area (Å²) in [4.78, 5) is 38.1. The largest absolute Gasteiger partial charge is 0.452 e. The van der Waals surface area contributed by atoms with Gasteiger partial charge >= 0.3 is 5.97 Å².